The van der Waals surface area contributed by atoms with Gasteiger partial charge in [-0.3, -0.25) is 9.59 Å². The lowest BCUT2D eigenvalue weighted by Gasteiger charge is -2.21. The SMILES string of the molecule is CCCCCCCOc1ccc(-c2cnc(-c3ccc(CC(NC(=O)c4ccc(C(C)(C)C)s4)C(=O)NC4(C(=O)O)CC4)cc3)nc2)cc1. The van der Waals surface area contributed by atoms with Crippen molar-refractivity contribution in [3.63, 3.8) is 0 Å². The van der Waals surface area contributed by atoms with E-state index < -0.39 is 23.5 Å². The average Bonchev–Trinajstić information content (AvgIpc) is 3.69. The van der Waals surface area contributed by atoms with E-state index in [1.165, 1.54) is 37.0 Å². The number of ether oxygens (including phenoxy) is 1. The molecule has 10 heteroatoms. The summed E-state index contributed by atoms with van der Waals surface area (Å²) in [5.74, 6) is -0.544. The molecule has 1 saturated carbocycles. The minimum atomic E-state index is -1.26. The number of carboxylic acids is 1. The molecule has 2 aromatic heterocycles. The lowest BCUT2D eigenvalue weighted by molar-refractivity contribution is -0.143. The number of carbonyl (C=O) groups is 3. The maximum atomic E-state index is 13.4. The number of nitrogens with zero attached hydrogens (tertiary/aromatic N) is 2. The van der Waals surface area contributed by atoms with Crippen LogP contribution in [0.1, 0.15) is 92.8 Å². The highest BCUT2D eigenvalue weighted by molar-refractivity contribution is 7.14. The van der Waals surface area contributed by atoms with Gasteiger partial charge < -0.3 is 20.5 Å². The molecule has 49 heavy (non-hydrogen) atoms. The molecule has 2 aromatic carbocycles. The largest absolute Gasteiger partial charge is 0.494 e. The van der Waals surface area contributed by atoms with Crippen molar-refractivity contribution in [3.8, 4) is 28.3 Å². The van der Waals surface area contributed by atoms with Gasteiger partial charge >= 0.3 is 5.97 Å². The molecule has 0 spiro atoms. The zero-order chi connectivity index (χ0) is 35.0. The van der Waals surface area contributed by atoms with Gasteiger partial charge in [0.05, 0.1) is 11.5 Å². The van der Waals surface area contributed by atoms with Crippen molar-refractivity contribution >= 4 is 29.1 Å². The lowest BCUT2D eigenvalue weighted by Crippen LogP contribution is -2.53. The number of unbranched alkanes of at least 4 members (excludes halogenated alkanes) is 4. The monoisotopic (exact) mass is 682 g/mol. The van der Waals surface area contributed by atoms with Crippen molar-refractivity contribution < 1.29 is 24.2 Å². The lowest BCUT2D eigenvalue weighted by atomic mass is 9.95. The first-order valence-electron chi connectivity index (χ1n) is 17.1. The molecule has 0 saturated heterocycles. The Labute approximate surface area is 292 Å². The topological polar surface area (TPSA) is 131 Å². The van der Waals surface area contributed by atoms with Crippen molar-refractivity contribution in [2.24, 2.45) is 0 Å². The van der Waals surface area contributed by atoms with Crippen molar-refractivity contribution in [1.82, 2.24) is 20.6 Å². The first kappa shape index (κ1) is 35.7. The van der Waals surface area contributed by atoms with Gasteiger partial charge in [0.1, 0.15) is 17.3 Å². The van der Waals surface area contributed by atoms with Crippen LogP contribution in [-0.4, -0.2) is 51.0 Å². The van der Waals surface area contributed by atoms with E-state index in [1.807, 2.05) is 54.6 Å². The molecule has 1 aliphatic rings. The third-order valence-electron chi connectivity index (χ3n) is 8.72. The van der Waals surface area contributed by atoms with Gasteiger partial charge in [-0.2, -0.15) is 0 Å². The summed E-state index contributed by atoms with van der Waals surface area (Å²) < 4.78 is 5.89. The Hall–Kier alpha value is -4.57. The Morgan fingerprint density at radius 2 is 1.53 bits per heavy atom. The van der Waals surface area contributed by atoms with Gasteiger partial charge in [0.2, 0.25) is 5.91 Å². The van der Waals surface area contributed by atoms with E-state index in [0.29, 0.717) is 23.5 Å². The zero-order valence-corrected chi connectivity index (χ0v) is 29.6. The van der Waals surface area contributed by atoms with Crippen molar-refractivity contribution in [3.05, 3.63) is 88.4 Å². The van der Waals surface area contributed by atoms with Gasteiger partial charge in [-0.15, -0.1) is 11.3 Å². The number of carboxylic acid groups (broad SMARTS) is 1. The molecule has 2 heterocycles. The second-order valence-corrected chi connectivity index (χ2v) is 14.9. The Balaban J connectivity index is 1.22. The third-order valence-corrected chi connectivity index (χ3v) is 10.2. The Kier molecular flexibility index (Phi) is 11.5. The Morgan fingerprint density at radius 3 is 2.12 bits per heavy atom. The van der Waals surface area contributed by atoms with Crippen LogP contribution in [0, 0.1) is 0 Å². The second-order valence-electron chi connectivity index (χ2n) is 13.8. The Bertz CT molecular complexity index is 1720. The number of rotatable bonds is 16. The van der Waals surface area contributed by atoms with E-state index >= 15 is 0 Å². The summed E-state index contributed by atoms with van der Waals surface area (Å²) in [6, 6.07) is 18.2. The summed E-state index contributed by atoms with van der Waals surface area (Å²) in [5, 5.41) is 15.2. The van der Waals surface area contributed by atoms with Gasteiger partial charge in [-0.1, -0.05) is 89.8 Å². The van der Waals surface area contributed by atoms with Crippen molar-refractivity contribution in [1.29, 1.82) is 0 Å². The van der Waals surface area contributed by atoms with Crippen LogP contribution in [-0.2, 0) is 21.4 Å². The number of aromatic nitrogens is 2. The molecule has 4 aromatic rings. The number of aliphatic carboxylic acids is 1. The van der Waals surface area contributed by atoms with Gasteiger partial charge in [0.15, 0.2) is 5.82 Å². The van der Waals surface area contributed by atoms with E-state index in [0.717, 1.165) is 45.9 Å². The number of amides is 2. The van der Waals surface area contributed by atoms with Gasteiger partial charge in [-0.25, -0.2) is 14.8 Å². The number of hydrogen-bond donors (Lipinski definition) is 3. The molecule has 5 rings (SSSR count). The summed E-state index contributed by atoms with van der Waals surface area (Å²) >= 11 is 1.39. The maximum absolute atomic E-state index is 13.4. The normalized spacial score (nSPS) is 14.1. The summed E-state index contributed by atoms with van der Waals surface area (Å²) in [5.41, 5.74) is 2.12. The number of carbonyl (C=O) groups excluding carboxylic acids is 2. The highest BCUT2D eigenvalue weighted by Crippen LogP contribution is 2.36. The molecular formula is C39H46N4O5S. The van der Waals surface area contributed by atoms with E-state index in [-0.39, 0.29) is 17.7 Å². The van der Waals surface area contributed by atoms with Crippen LogP contribution in [0.3, 0.4) is 0 Å². The van der Waals surface area contributed by atoms with E-state index in [9.17, 15) is 19.5 Å². The summed E-state index contributed by atoms with van der Waals surface area (Å²) in [6.07, 6.45) is 10.5. The van der Waals surface area contributed by atoms with Crippen LogP contribution in [0.5, 0.6) is 5.75 Å². The first-order valence-corrected chi connectivity index (χ1v) is 17.9. The van der Waals surface area contributed by atoms with Gasteiger partial charge in [0.25, 0.3) is 5.91 Å². The maximum Gasteiger partial charge on any atom is 0.329 e. The van der Waals surface area contributed by atoms with E-state index in [1.54, 1.807) is 18.5 Å². The molecule has 0 bridgehead atoms. The zero-order valence-electron chi connectivity index (χ0n) is 28.8. The molecular weight excluding hydrogens is 637 g/mol. The van der Waals surface area contributed by atoms with Crippen LogP contribution in [0.15, 0.2) is 73.1 Å². The van der Waals surface area contributed by atoms with Crippen LogP contribution < -0.4 is 15.4 Å². The van der Waals surface area contributed by atoms with Crippen LogP contribution >= 0.6 is 11.3 Å². The molecule has 0 radical (unpaired) electrons. The van der Waals surface area contributed by atoms with Crippen molar-refractivity contribution in [2.45, 2.75) is 96.1 Å². The number of thiophene rings is 1. The van der Waals surface area contributed by atoms with Crippen molar-refractivity contribution in [2.75, 3.05) is 6.61 Å². The number of nitrogens with one attached hydrogen (secondary N) is 2. The fraction of sp³-hybridized carbons (Fsp3) is 0.410. The fourth-order valence-electron chi connectivity index (χ4n) is 5.43. The molecule has 9 nitrogen and oxygen atoms in total. The highest BCUT2D eigenvalue weighted by atomic mass is 32.1. The van der Waals surface area contributed by atoms with Gasteiger partial charge in [-0.05, 0) is 60.1 Å². The smallest absolute Gasteiger partial charge is 0.329 e. The minimum Gasteiger partial charge on any atom is -0.494 e. The molecule has 1 unspecified atom stereocenters. The molecule has 2 amide bonds. The van der Waals surface area contributed by atoms with Crippen LogP contribution in [0.2, 0.25) is 0 Å². The molecule has 3 N–H and O–H groups in total. The summed E-state index contributed by atoms with van der Waals surface area (Å²) in [4.78, 5) is 49.1. The highest BCUT2D eigenvalue weighted by Gasteiger charge is 2.52. The summed E-state index contributed by atoms with van der Waals surface area (Å²) in [6.45, 7) is 9.16. The molecule has 1 aliphatic carbocycles. The molecule has 1 atom stereocenters. The standard InChI is InChI=1S/C39H46N4O5S/c1-5-6-7-8-9-22-48-30-16-14-27(15-17-30)29-24-40-34(41-25-29)28-12-10-26(11-13-28)23-31(35(44)43-39(20-21-39)37(46)47)42-36(45)32-18-19-33(49-32)38(2,3)4/h10-19,24-25,31H,5-9,20-23H2,1-4H3,(H,42,45)(H,43,44)(H,46,47). The third kappa shape index (κ3) is 9.53. The predicted molar refractivity (Wildman–Crippen MR) is 193 cm³/mol. The van der Waals surface area contributed by atoms with Gasteiger partial charge in [0, 0.05) is 34.8 Å². The molecule has 0 aliphatic heterocycles. The number of hydrogen-bond acceptors (Lipinski definition) is 7. The van der Waals surface area contributed by atoms with Crippen LogP contribution in [0.25, 0.3) is 22.5 Å². The summed E-state index contributed by atoms with van der Waals surface area (Å²) in [7, 11) is 0. The van der Waals surface area contributed by atoms with E-state index in [2.05, 4.69) is 48.3 Å². The molecule has 1 fully saturated rings. The van der Waals surface area contributed by atoms with E-state index in [4.69, 9.17) is 4.74 Å². The fourth-order valence-corrected chi connectivity index (χ4v) is 6.40. The minimum absolute atomic E-state index is 0.112. The first-order chi connectivity index (χ1) is 23.5. The number of benzene rings is 2. The molecule has 258 valence electrons. The predicted octanol–water partition coefficient (Wildman–Crippen LogP) is 7.59. The Morgan fingerprint density at radius 1 is 0.878 bits per heavy atom. The quantitative estimate of drug-likeness (QED) is 0.104. The second kappa shape index (κ2) is 15.8. The average molecular weight is 683 g/mol. The van der Waals surface area contributed by atoms with Crippen LogP contribution in [0.4, 0.5) is 0 Å².